The van der Waals surface area contributed by atoms with E-state index in [1.807, 2.05) is 6.07 Å². The van der Waals surface area contributed by atoms with Crippen molar-refractivity contribution < 1.29 is 13.2 Å². The van der Waals surface area contributed by atoms with Crippen LogP contribution in [-0.4, -0.2) is 18.6 Å². The lowest BCUT2D eigenvalue weighted by molar-refractivity contribution is -0.122. The number of hydrogen-bond donors (Lipinski definition) is 1. The zero-order chi connectivity index (χ0) is 21.7. The van der Waals surface area contributed by atoms with E-state index >= 15 is 0 Å². The molecule has 0 radical (unpaired) electrons. The van der Waals surface area contributed by atoms with Crippen molar-refractivity contribution in [1.82, 2.24) is 4.31 Å². The highest BCUT2D eigenvalue weighted by atomic mass is 35.5. The number of rotatable bonds is 7. The van der Waals surface area contributed by atoms with E-state index in [-0.39, 0.29) is 11.4 Å². The van der Waals surface area contributed by atoms with E-state index < -0.39 is 22.0 Å². The van der Waals surface area contributed by atoms with Gasteiger partial charge in [-0.15, -0.1) is 0 Å². The number of benzene rings is 3. The van der Waals surface area contributed by atoms with E-state index in [0.717, 1.165) is 4.31 Å². The van der Waals surface area contributed by atoms with Gasteiger partial charge in [0.2, 0.25) is 15.9 Å². The van der Waals surface area contributed by atoms with Gasteiger partial charge in [-0.25, -0.2) is 8.42 Å². The van der Waals surface area contributed by atoms with Crippen molar-refractivity contribution in [1.29, 1.82) is 5.26 Å². The topological polar surface area (TPSA) is 104 Å². The summed E-state index contributed by atoms with van der Waals surface area (Å²) in [7, 11) is -4.14. The van der Waals surface area contributed by atoms with Crippen molar-refractivity contribution in [2.75, 3.05) is 0 Å². The number of nitriles is 1. The van der Waals surface area contributed by atoms with Crippen LogP contribution in [0.25, 0.3) is 0 Å². The van der Waals surface area contributed by atoms with E-state index in [9.17, 15) is 13.2 Å². The maximum Gasteiger partial charge on any atom is 0.244 e. The molecule has 3 aromatic carbocycles. The molecule has 0 aromatic heterocycles. The smallest absolute Gasteiger partial charge is 0.244 e. The fourth-order valence-corrected chi connectivity index (χ4v) is 4.78. The quantitative estimate of drug-likeness (QED) is 0.606. The van der Waals surface area contributed by atoms with Gasteiger partial charge < -0.3 is 5.73 Å². The molecule has 1 atom stereocenters. The van der Waals surface area contributed by atoms with Crippen LogP contribution in [0.2, 0.25) is 5.02 Å². The molecule has 30 heavy (non-hydrogen) atoms. The van der Waals surface area contributed by atoms with Gasteiger partial charge in [-0.1, -0.05) is 54.1 Å². The first kappa shape index (κ1) is 21.5. The van der Waals surface area contributed by atoms with Crippen molar-refractivity contribution in [3.63, 3.8) is 0 Å². The zero-order valence-corrected chi connectivity index (χ0v) is 17.3. The van der Waals surface area contributed by atoms with E-state index in [4.69, 9.17) is 22.6 Å². The Morgan fingerprint density at radius 1 is 1.03 bits per heavy atom. The summed E-state index contributed by atoms with van der Waals surface area (Å²) in [5.41, 5.74) is 7.03. The molecule has 0 aliphatic heterocycles. The summed E-state index contributed by atoms with van der Waals surface area (Å²) < 4.78 is 28.1. The average Bonchev–Trinajstić information content (AvgIpc) is 2.74. The van der Waals surface area contributed by atoms with Gasteiger partial charge in [0, 0.05) is 11.6 Å². The second kappa shape index (κ2) is 9.09. The third-order valence-electron chi connectivity index (χ3n) is 4.49. The molecule has 2 N–H and O–H groups in total. The van der Waals surface area contributed by atoms with Gasteiger partial charge in [-0.2, -0.15) is 9.57 Å². The summed E-state index contributed by atoms with van der Waals surface area (Å²) in [6.45, 7) is -0.150. The highest BCUT2D eigenvalue weighted by molar-refractivity contribution is 7.89. The highest BCUT2D eigenvalue weighted by Gasteiger charge is 2.36. The highest BCUT2D eigenvalue weighted by Crippen LogP contribution is 2.30. The Hall–Kier alpha value is -3.18. The maximum absolute atomic E-state index is 13.5. The normalized spacial score (nSPS) is 12.3. The standard InChI is InChI=1S/C22H18ClN3O3S/c23-19-9-11-20(12-10-19)30(28,29)26(15-17-6-4-5-16(13-17)14-24)21(22(25)27)18-7-2-1-3-8-18/h1-13,21H,15H2,(H2,25,27)/t21-/m1/s1. The number of hydrogen-bond acceptors (Lipinski definition) is 4. The number of primary amides is 1. The SMILES string of the molecule is N#Cc1cccc(CN([C@@H](C(N)=O)c2ccccc2)S(=O)(=O)c2ccc(Cl)cc2)c1. The van der Waals surface area contributed by atoms with Gasteiger partial charge in [0.05, 0.1) is 16.5 Å². The van der Waals surface area contributed by atoms with Crippen LogP contribution in [0, 0.1) is 11.3 Å². The third-order valence-corrected chi connectivity index (χ3v) is 6.56. The van der Waals surface area contributed by atoms with E-state index in [1.54, 1.807) is 54.6 Å². The number of carbonyl (C=O) groups is 1. The lowest BCUT2D eigenvalue weighted by Gasteiger charge is -2.29. The van der Waals surface area contributed by atoms with Gasteiger partial charge in [-0.05, 0) is 47.5 Å². The summed E-state index contributed by atoms with van der Waals surface area (Å²) in [5.74, 6) is -0.810. The minimum absolute atomic E-state index is 0.0227. The molecule has 1 amide bonds. The molecule has 6 nitrogen and oxygen atoms in total. The first-order valence-electron chi connectivity index (χ1n) is 8.93. The van der Waals surface area contributed by atoms with Crippen LogP contribution in [0.15, 0.2) is 83.8 Å². The Morgan fingerprint density at radius 2 is 1.70 bits per heavy atom. The lowest BCUT2D eigenvalue weighted by atomic mass is 10.1. The molecule has 0 aliphatic rings. The van der Waals surface area contributed by atoms with Crippen LogP contribution in [0.5, 0.6) is 0 Å². The maximum atomic E-state index is 13.5. The van der Waals surface area contributed by atoms with Crippen molar-refractivity contribution >= 4 is 27.5 Å². The van der Waals surface area contributed by atoms with Gasteiger partial charge in [0.25, 0.3) is 0 Å². The van der Waals surface area contributed by atoms with Crippen molar-refractivity contribution in [2.45, 2.75) is 17.5 Å². The van der Waals surface area contributed by atoms with Gasteiger partial charge in [0.15, 0.2) is 0 Å². The Kier molecular flexibility index (Phi) is 6.53. The molecule has 0 aliphatic carbocycles. The Balaban J connectivity index is 2.15. The molecule has 0 heterocycles. The van der Waals surface area contributed by atoms with Crippen LogP contribution in [0.1, 0.15) is 22.7 Å². The van der Waals surface area contributed by atoms with Crippen molar-refractivity contribution in [2.24, 2.45) is 5.73 Å². The van der Waals surface area contributed by atoms with Gasteiger partial charge in [0.1, 0.15) is 6.04 Å². The van der Waals surface area contributed by atoms with Gasteiger partial charge in [-0.3, -0.25) is 4.79 Å². The number of nitrogens with zero attached hydrogens (tertiary/aromatic N) is 2. The summed E-state index contributed by atoms with van der Waals surface area (Å²) in [6.07, 6.45) is 0. The number of sulfonamides is 1. The molecule has 0 unspecified atom stereocenters. The Labute approximate surface area is 180 Å². The van der Waals surface area contributed by atoms with Crippen LogP contribution in [-0.2, 0) is 21.4 Å². The molecule has 0 fully saturated rings. The summed E-state index contributed by atoms with van der Waals surface area (Å²) in [5, 5.41) is 9.55. The average molecular weight is 440 g/mol. The van der Waals surface area contributed by atoms with Crippen LogP contribution < -0.4 is 5.73 Å². The minimum atomic E-state index is -4.14. The molecular weight excluding hydrogens is 422 g/mol. The second-order valence-corrected chi connectivity index (χ2v) is 8.86. The number of amides is 1. The minimum Gasteiger partial charge on any atom is -0.368 e. The predicted molar refractivity (Wildman–Crippen MR) is 114 cm³/mol. The van der Waals surface area contributed by atoms with Crippen molar-refractivity contribution in [3.8, 4) is 6.07 Å². The monoisotopic (exact) mass is 439 g/mol. The van der Waals surface area contributed by atoms with Crippen molar-refractivity contribution in [3.05, 3.63) is 101 Å². The van der Waals surface area contributed by atoms with E-state index in [2.05, 4.69) is 0 Å². The van der Waals surface area contributed by atoms with Crippen LogP contribution in [0.4, 0.5) is 0 Å². The van der Waals surface area contributed by atoms with Crippen LogP contribution >= 0.6 is 11.6 Å². The number of carbonyl (C=O) groups excluding carboxylic acids is 1. The zero-order valence-electron chi connectivity index (χ0n) is 15.8. The lowest BCUT2D eigenvalue weighted by Crippen LogP contribution is -2.41. The fourth-order valence-electron chi connectivity index (χ4n) is 3.08. The van der Waals surface area contributed by atoms with Gasteiger partial charge >= 0.3 is 0 Å². The summed E-state index contributed by atoms with van der Waals surface area (Å²) >= 11 is 5.90. The molecule has 0 spiro atoms. The molecule has 152 valence electrons. The first-order valence-corrected chi connectivity index (χ1v) is 10.8. The number of halogens is 1. The molecule has 0 saturated carbocycles. The molecule has 0 bridgehead atoms. The number of nitrogens with two attached hydrogens (primary N) is 1. The fraction of sp³-hybridized carbons (Fsp3) is 0.0909. The molecule has 3 aromatic rings. The molecule has 8 heteroatoms. The molecular formula is C22H18ClN3O3S. The Bertz CT molecular complexity index is 1190. The predicted octanol–water partition coefficient (Wildman–Crippen LogP) is 3.63. The summed E-state index contributed by atoms with van der Waals surface area (Å²) in [4.78, 5) is 12.4. The van der Waals surface area contributed by atoms with Crippen LogP contribution in [0.3, 0.4) is 0 Å². The molecule has 3 rings (SSSR count). The summed E-state index contributed by atoms with van der Waals surface area (Å²) in [6, 6.07) is 21.5. The largest absolute Gasteiger partial charge is 0.368 e. The first-order chi connectivity index (χ1) is 14.3. The van der Waals surface area contributed by atoms with E-state index in [0.29, 0.717) is 21.7 Å². The Morgan fingerprint density at radius 3 is 2.30 bits per heavy atom. The molecule has 0 saturated heterocycles. The second-order valence-electron chi connectivity index (χ2n) is 6.53. The third kappa shape index (κ3) is 4.69. The van der Waals surface area contributed by atoms with E-state index in [1.165, 1.54) is 24.3 Å².